The van der Waals surface area contributed by atoms with Crippen molar-refractivity contribution in [1.82, 2.24) is 19.1 Å². The van der Waals surface area contributed by atoms with E-state index in [-0.39, 0.29) is 23.7 Å². The number of amidine groups is 1. The molecule has 2 saturated heterocycles. The number of likely N-dealkylation sites (N-methyl/N-ethyl adjacent to an activating group) is 1. The number of H-pyrrole nitrogens is 1. The average molecular weight is 590 g/mol. The SMILES string of the molecule is CN(CC1OCCO1)C(=N)c1ccc(CN2C(=O)CN(S(=O)(=O)c3cc4cc(Cl)ccc4[nH]3)C[C@@H]2C(=O)O)cc1. The number of carboxylic acids is 1. The summed E-state index contributed by atoms with van der Waals surface area (Å²) in [6.07, 6.45) is -0.388. The van der Waals surface area contributed by atoms with Crippen LogP contribution in [0, 0.1) is 5.41 Å². The van der Waals surface area contributed by atoms with Gasteiger partial charge in [-0.1, -0.05) is 35.9 Å². The number of carbonyl (C=O) groups excluding carboxylic acids is 1. The number of nitrogens with zero attached hydrogens (tertiary/aromatic N) is 3. The van der Waals surface area contributed by atoms with E-state index in [1.54, 1.807) is 54.4 Å². The summed E-state index contributed by atoms with van der Waals surface area (Å²) in [5.74, 6) is -1.69. The van der Waals surface area contributed by atoms with Crippen LogP contribution in [0.3, 0.4) is 0 Å². The summed E-state index contributed by atoms with van der Waals surface area (Å²) in [5, 5.41) is 19.2. The highest BCUT2D eigenvalue weighted by atomic mass is 35.5. The lowest BCUT2D eigenvalue weighted by molar-refractivity contribution is -0.154. The zero-order valence-corrected chi connectivity index (χ0v) is 23.1. The van der Waals surface area contributed by atoms with Crippen molar-refractivity contribution in [2.75, 3.05) is 39.9 Å². The molecule has 2 aromatic carbocycles. The number of sulfonamides is 1. The van der Waals surface area contributed by atoms with Crippen LogP contribution in [0.4, 0.5) is 0 Å². The van der Waals surface area contributed by atoms with Gasteiger partial charge in [-0.05, 0) is 29.8 Å². The molecule has 5 rings (SSSR count). The van der Waals surface area contributed by atoms with Gasteiger partial charge in [0.2, 0.25) is 5.91 Å². The van der Waals surface area contributed by atoms with Gasteiger partial charge in [-0.15, -0.1) is 0 Å². The van der Waals surface area contributed by atoms with Gasteiger partial charge in [0.15, 0.2) is 6.29 Å². The first-order chi connectivity index (χ1) is 19.0. The molecule has 0 bridgehead atoms. The van der Waals surface area contributed by atoms with E-state index >= 15 is 0 Å². The number of hydrogen-bond acceptors (Lipinski definition) is 7. The highest BCUT2D eigenvalue weighted by Gasteiger charge is 2.42. The molecule has 0 saturated carbocycles. The minimum atomic E-state index is -4.19. The summed E-state index contributed by atoms with van der Waals surface area (Å²) in [6, 6.07) is 11.8. The quantitative estimate of drug-likeness (QED) is 0.266. The Bertz CT molecular complexity index is 1550. The number of piperazine rings is 1. The molecule has 14 heteroatoms. The molecule has 12 nitrogen and oxygen atoms in total. The third-order valence-corrected chi connectivity index (χ3v) is 8.89. The van der Waals surface area contributed by atoms with Crippen LogP contribution < -0.4 is 0 Å². The summed E-state index contributed by atoms with van der Waals surface area (Å²) >= 11 is 6.00. The van der Waals surface area contributed by atoms with Gasteiger partial charge in [-0.2, -0.15) is 4.31 Å². The van der Waals surface area contributed by atoms with Gasteiger partial charge in [-0.3, -0.25) is 10.2 Å². The van der Waals surface area contributed by atoms with E-state index in [4.69, 9.17) is 26.5 Å². The predicted molar refractivity (Wildman–Crippen MR) is 146 cm³/mol. The fourth-order valence-electron chi connectivity index (χ4n) is 4.73. The Hall–Kier alpha value is -3.49. The summed E-state index contributed by atoms with van der Waals surface area (Å²) < 4.78 is 38.4. The molecule has 2 fully saturated rings. The van der Waals surface area contributed by atoms with Crippen LogP contribution in [0.15, 0.2) is 53.6 Å². The van der Waals surface area contributed by atoms with Crippen molar-refractivity contribution in [3.8, 4) is 0 Å². The molecule has 3 heterocycles. The van der Waals surface area contributed by atoms with Crippen molar-refractivity contribution >= 4 is 50.2 Å². The lowest BCUT2D eigenvalue weighted by Crippen LogP contribution is -2.60. The van der Waals surface area contributed by atoms with Gasteiger partial charge in [0, 0.05) is 41.6 Å². The number of rotatable bonds is 8. The maximum absolute atomic E-state index is 13.3. The number of carbonyl (C=O) groups is 2. The standard InChI is InChI=1S/C26H28ClN5O7S/c1-30(15-24-38-8-9-39-24)25(28)17-4-2-16(3-5-17)12-32-21(26(34)35)13-31(14-23(32)33)40(36,37)22-11-18-10-19(27)6-7-20(18)29-22/h2-7,10-11,21,24,28-29H,8-9,12-15H2,1H3,(H,34,35)/t21-/m1/s1. The number of amides is 1. The minimum Gasteiger partial charge on any atom is -0.480 e. The summed E-state index contributed by atoms with van der Waals surface area (Å²) in [6.45, 7) is 0.514. The molecule has 1 aromatic heterocycles. The van der Waals surface area contributed by atoms with Gasteiger partial charge < -0.3 is 29.4 Å². The van der Waals surface area contributed by atoms with Crippen LogP contribution in [-0.4, -0.2) is 103 Å². The number of aliphatic carboxylic acids is 1. The van der Waals surface area contributed by atoms with Crippen LogP contribution in [0.2, 0.25) is 5.02 Å². The maximum Gasteiger partial charge on any atom is 0.327 e. The molecule has 0 unspecified atom stereocenters. The molecule has 0 spiro atoms. The lowest BCUT2D eigenvalue weighted by atomic mass is 10.1. The van der Waals surface area contributed by atoms with Crippen LogP contribution in [0.25, 0.3) is 10.9 Å². The van der Waals surface area contributed by atoms with E-state index < -0.39 is 41.0 Å². The normalized spacial score (nSPS) is 18.9. The van der Waals surface area contributed by atoms with Crippen LogP contribution in [0.5, 0.6) is 0 Å². The van der Waals surface area contributed by atoms with E-state index in [0.29, 0.717) is 46.8 Å². The summed E-state index contributed by atoms with van der Waals surface area (Å²) in [5.41, 5.74) is 1.82. The fraction of sp³-hybridized carbons (Fsp3) is 0.346. The first kappa shape index (κ1) is 28.1. The predicted octanol–water partition coefficient (Wildman–Crippen LogP) is 1.94. The zero-order valence-electron chi connectivity index (χ0n) is 21.5. The van der Waals surface area contributed by atoms with E-state index in [9.17, 15) is 23.1 Å². The first-order valence-corrected chi connectivity index (χ1v) is 14.3. The van der Waals surface area contributed by atoms with Gasteiger partial charge in [0.1, 0.15) is 16.9 Å². The average Bonchev–Trinajstić information content (AvgIpc) is 3.59. The molecule has 1 atom stereocenters. The number of nitrogens with one attached hydrogen (secondary N) is 2. The number of hydrogen-bond donors (Lipinski definition) is 3. The monoisotopic (exact) mass is 589 g/mol. The fourth-order valence-corrected chi connectivity index (χ4v) is 6.32. The number of benzene rings is 2. The summed E-state index contributed by atoms with van der Waals surface area (Å²) in [4.78, 5) is 31.0. The van der Waals surface area contributed by atoms with Crippen LogP contribution in [0.1, 0.15) is 11.1 Å². The van der Waals surface area contributed by atoms with Gasteiger partial charge in [0.05, 0.1) is 26.3 Å². The molecule has 0 aliphatic carbocycles. The number of halogens is 1. The molecule has 0 radical (unpaired) electrons. The zero-order chi connectivity index (χ0) is 28.6. The Balaban J connectivity index is 1.28. The second-order valence-electron chi connectivity index (χ2n) is 9.64. The highest BCUT2D eigenvalue weighted by molar-refractivity contribution is 7.89. The van der Waals surface area contributed by atoms with Crippen LogP contribution >= 0.6 is 11.6 Å². The van der Waals surface area contributed by atoms with Gasteiger partial charge in [-0.25, -0.2) is 13.2 Å². The van der Waals surface area contributed by atoms with E-state index in [1.807, 2.05) is 0 Å². The molecule has 2 aliphatic rings. The highest BCUT2D eigenvalue weighted by Crippen LogP contribution is 2.27. The second kappa shape index (κ2) is 11.2. The maximum atomic E-state index is 13.3. The Labute approximate surface area is 235 Å². The Kier molecular flexibility index (Phi) is 7.84. The van der Waals surface area contributed by atoms with Crippen molar-refractivity contribution in [3.63, 3.8) is 0 Å². The van der Waals surface area contributed by atoms with E-state index in [1.165, 1.54) is 11.0 Å². The van der Waals surface area contributed by atoms with E-state index in [0.717, 1.165) is 4.31 Å². The van der Waals surface area contributed by atoms with Crippen LogP contribution in [-0.2, 0) is 35.6 Å². The number of ether oxygens (including phenoxy) is 2. The van der Waals surface area contributed by atoms with Crippen molar-refractivity contribution in [2.24, 2.45) is 0 Å². The molecular weight excluding hydrogens is 562 g/mol. The molecular formula is C26H28ClN5O7S. The molecule has 3 aromatic rings. The van der Waals surface area contributed by atoms with Gasteiger partial charge in [0.25, 0.3) is 10.0 Å². The topological polar surface area (TPSA) is 156 Å². The van der Waals surface area contributed by atoms with Gasteiger partial charge >= 0.3 is 5.97 Å². The largest absolute Gasteiger partial charge is 0.480 e. The lowest BCUT2D eigenvalue weighted by Gasteiger charge is -2.38. The number of fused-ring (bicyclic) bond motifs is 1. The molecule has 2 aliphatic heterocycles. The first-order valence-electron chi connectivity index (χ1n) is 12.5. The Morgan fingerprint density at radius 3 is 2.55 bits per heavy atom. The minimum absolute atomic E-state index is 0.0260. The smallest absolute Gasteiger partial charge is 0.327 e. The molecule has 3 N–H and O–H groups in total. The van der Waals surface area contributed by atoms with E-state index in [2.05, 4.69) is 4.98 Å². The molecule has 212 valence electrons. The number of aromatic amines is 1. The molecule has 1 amide bonds. The van der Waals surface area contributed by atoms with Crippen molar-refractivity contribution < 1.29 is 32.6 Å². The second-order valence-corrected chi connectivity index (χ2v) is 12.0. The van der Waals surface area contributed by atoms with Crippen molar-refractivity contribution in [1.29, 1.82) is 5.41 Å². The third kappa shape index (κ3) is 5.69. The van der Waals surface area contributed by atoms with Crippen molar-refractivity contribution in [3.05, 3.63) is 64.7 Å². The number of aromatic nitrogens is 1. The Morgan fingerprint density at radius 2 is 1.88 bits per heavy atom. The van der Waals surface area contributed by atoms with Crippen molar-refractivity contribution in [2.45, 2.75) is 23.9 Å². The molecule has 40 heavy (non-hydrogen) atoms. The summed E-state index contributed by atoms with van der Waals surface area (Å²) in [7, 11) is -2.43. The third-order valence-electron chi connectivity index (χ3n) is 6.92. The number of carboxylic acid groups (broad SMARTS) is 1. The Morgan fingerprint density at radius 1 is 1.18 bits per heavy atom.